The molecular weight excluding hydrogens is 321 g/mol. The highest BCUT2D eigenvalue weighted by molar-refractivity contribution is 6.08. The Balaban J connectivity index is 1.87. The highest BCUT2D eigenvalue weighted by atomic mass is 19.1. The highest BCUT2D eigenvalue weighted by Crippen LogP contribution is 2.22. The van der Waals surface area contributed by atoms with Crippen molar-refractivity contribution in [1.82, 2.24) is 0 Å². The smallest absolute Gasteiger partial charge is 0.348 e. The summed E-state index contributed by atoms with van der Waals surface area (Å²) in [6.45, 7) is 0. The van der Waals surface area contributed by atoms with Crippen LogP contribution in [0.5, 0.6) is 5.75 Å². The lowest BCUT2D eigenvalue weighted by Gasteiger charge is -2.11. The number of anilines is 1. The van der Waals surface area contributed by atoms with E-state index in [0.29, 0.717) is 5.56 Å². The van der Waals surface area contributed by atoms with E-state index in [-0.39, 0.29) is 17.0 Å². The molecule has 0 saturated carbocycles. The van der Waals surface area contributed by atoms with Gasteiger partial charge in [-0.15, -0.1) is 0 Å². The van der Waals surface area contributed by atoms with Crippen molar-refractivity contribution in [1.29, 1.82) is 0 Å². The Bertz CT molecular complexity index is 895. The fourth-order valence-corrected chi connectivity index (χ4v) is 2.27. The number of halogens is 1. The number of rotatable bonds is 4. The van der Waals surface area contributed by atoms with E-state index < -0.39 is 17.7 Å². The minimum Gasteiger partial charge on any atom is -0.423 e. The molecule has 0 saturated heterocycles. The van der Waals surface area contributed by atoms with Crippen LogP contribution in [0.1, 0.15) is 20.7 Å². The van der Waals surface area contributed by atoms with Crippen LogP contribution >= 0.6 is 0 Å². The van der Waals surface area contributed by atoms with Crippen LogP contribution in [0.3, 0.4) is 0 Å². The number of ether oxygens (including phenoxy) is 1. The van der Waals surface area contributed by atoms with Gasteiger partial charge in [0, 0.05) is 5.56 Å². The summed E-state index contributed by atoms with van der Waals surface area (Å²) in [5.41, 5.74) is 0.125. The summed E-state index contributed by atoms with van der Waals surface area (Å²) in [6, 6.07) is 20.8. The lowest BCUT2D eigenvalue weighted by molar-refractivity contribution is 0.0731. The van der Waals surface area contributed by atoms with E-state index in [4.69, 9.17) is 4.74 Å². The van der Waals surface area contributed by atoms with Gasteiger partial charge in [0.1, 0.15) is 17.1 Å². The summed E-state index contributed by atoms with van der Waals surface area (Å²) in [7, 11) is 0. The third kappa shape index (κ3) is 3.90. The van der Waals surface area contributed by atoms with E-state index in [0.717, 1.165) is 6.07 Å². The number of hydrogen-bond donors (Lipinski definition) is 1. The standard InChI is InChI=1S/C20H14FNO3/c21-16-12-7-13-17(22-19(23)14-8-3-1-4-9-14)18(16)20(24)25-15-10-5-2-6-11-15/h1-13H,(H,22,23). The molecule has 1 amide bonds. The summed E-state index contributed by atoms with van der Waals surface area (Å²) in [5, 5.41) is 2.55. The SMILES string of the molecule is O=C(Nc1cccc(F)c1C(=O)Oc1ccccc1)c1ccccc1. The number of para-hydroxylation sites is 1. The van der Waals surface area contributed by atoms with Gasteiger partial charge in [-0.3, -0.25) is 4.79 Å². The minimum atomic E-state index is -0.882. The van der Waals surface area contributed by atoms with Gasteiger partial charge in [-0.2, -0.15) is 0 Å². The second kappa shape index (κ2) is 7.40. The highest BCUT2D eigenvalue weighted by Gasteiger charge is 2.20. The Morgan fingerprint density at radius 3 is 2.12 bits per heavy atom. The molecule has 0 atom stereocenters. The van der Waals surface area contributed by atoms with Gasteiger partial charge < -0.3 is 10.1 Å². The zero-order valence-electron chi connectivity index (χ0n) is 13.1. The molecule has 3 aromatic carbocycles. The van der Waals surface area contributed by atoms with Crippen LogP contribution in [0.2, 0.25) is 0 Å². The molecule has 3 aromatic rings. The van der Waals surface area contributed by atoms with Crippen LogP contribution < -0.4 is 10.1 Å². The number of amides is 1. The van der Waals surface area contributed by atoms with Gasteiger partial charge in [0.15, 0.2) is 0 Å². The molecule has 0 fully saturated rings. The second-order valence-corrected chi connectivity index (χ2v) is 5.19. The molecule has 5 heteroatoms. The molecule has 0 unspecified atom stereocenters. The van der Waals surface area contributed by atoms with Crippen molar-refractivity contribution in [3.05, 3.63) is 95.8 Å². The number of hydrogen-bond acceptors (Lipinski definition) is 3. The van der Waals surface area contributed by atoms with E-state index in [1.807, 2.05) is 0 Å². The third-order valence-electron chi connectivity index (χ3n) is 3.46. The Hall–Kier alpha value is -3.47. The van der Waals surface area contributed by atoms with Crippen molar-refractivity contribution in [3.8, 4) is 5.75 Å². The Labute approximate surface area is 143 Å². The number of carbonyl (C=O) groups excluding carboxylic acids is 2. The van der Waals surface area contributed by atoms with Crippen LogP contribution in [0.4, 0.5) is 10.1 Å². The summed E-state index contributed by atoms with van der Waals surface area (Å²) < 4.78 is 19.4. The first-order chi connectivity index (χ1) is 12.1. The molecule has 0 heterocycles. The molecular formula is C20H14FNO3. The van der Waals surface area contributed by atoms with Gasteiger partial charge in [-0.25, -0.2) is 9.18 Å². The number of carbonyl (C=O) groups is 2. The minimum absolute atomic E-state index is 0.0507. The van der Waals surface area contributed by atoms with Crippen LogP contribution in [0, 0.1) is 5.82 Å². The maximum absolute atomic E-state index is 14.2. The average Bonchev–Trinajstić information content (AvgIpc) is 2.63. The maximum atomic E-state index is 14.2. The lowest BCUT2D eigenvalue weighted by atomic mass is 10.1. The predicted molar refractivity (Wildman–Crippen MR) is 92.2 cm³/mol. The first-order valence-corrected chi connectivity index (χ1v) is 7.57. The van der Waals surface area contributed by atoms with Crippen molar-refractivity contribution in [3.63, 3.8) is 0 Å². The summed E-state index contributed by atoms with van der Waals surface area (Å²) in [4.78, 5) is 24.6. The normalized spacial score (nSPS) is 10.1. The van der Waals surface area contributed by atoms with E-state index in [1.54, 1.807) is 60.7 Å². The summed E-state index contributed by atoms with van der Waals surface area (Å²) in [5.74, 6) is -1.81. The van der Waals surface area contributed by atoms with E-state index >= 15 is 0 Å². The van der Waals surface area contributed by atoms with Gasteiger partial charge in [-0.1, -0.05) is 42.5 Å². The number of nitrogens with one attached hydrogen (secondary N) is 1. The molecule has 0 bridgehead atoms. The molecule has 4 nitrogen and oxygen atoms in total. The van der Waals surface area contributed by atoms with Gasteiger partial charge in [0.2, 0.25) is 0 Å². The summed E-state index contributed by atoms with van der Waals surface area (Å²) >= 11 is 0. The van der Waals surface area contributed by atoms with Crippen molar-refractivity contribution < 1.29 is 18.7 Å². The van der Waals surface area contributed by atoms with Crippen LogP contribution in [-0.4, -0.2) is 11.9 Å². The van der Waals surface area contributed by atoms with Gasteiger partial charge >= 0.3 is 5.97 Å². The number of benzene rings is 3. The average molecular weight is 335 g/mol. The molecule has 0 aliphatic heterocycles. The largest absolute Gasteiger partial charge is 0.423 e. The first kappa shape index (κ1) is 16.4. The quantitative estimate of drug-likeness (QED) is 0.571. The zero-order valence-corrected chi connectivity index (χ0v) is 13.1. The Morgan fingerprint density at radius 2 is 1.44 bits per heavy atom. The van der Waals surface area contributed by atoms with Crippen LogP contribution in [-0.2, 0) is 0 Å². The third-order valence-corrected chi connectivity index (χ3v) is 3.46. The van der Waals surface area contributed by atoms with Crippen molar-refractivity contribution in [2.45, 2.75) is 0 Å². The van der Waals surface area contributed by atoms with Gasteiger partial charge in [-0.05, 0) is 36.4 Å². The molecule has 0 aromatic heterocycles. The molecule has 0 radical (unpaired) electrons. The monoisotopic (exact) mass is 335 g/mol. The number of esters is 1. The molecule has 3 rings (SSSR count). The first-order valence-electron chi connectivity index (χ1n) is 7.57. The van der Waals surface area contributed by atoms with E-state index in [1.165, 1.54) is 12.1 Å². The fraction of sp³-hybridized carbons (Fsp3) is 0. The fourth-order valence-electron chi connectivity index (χ4n) is 2.27. The van der Waals surface area contributed by atoms with Crippen LogP contribution in [0.25, 0.3) is 0 Å². The zero-order chi connectivity index (χ0) is 17.6. The molecule has 0 spiro atoms. The molecule has 25 heavy (non-hydrogen) atoms. The summed E-state index contributed by atoms with van der Waals surface area (Å²) in [6.07, 6.45) is 0. The van der Waals surface area contributed by atoms with Gasteiger partial charge in [0.25, 0.3) is 5.91 Å². The second-order valence-electron chi connectivity index (χ2n) is 5.19. The van der Waals surface area contributed by atoms with Crippen LogP contribution in [0.15, 0.2) is 78.9 Å². The molecule has 124 valence electrons. The predicted octanol–water partition coefficient (Wildman–Crippen LogP) is 4.30. The lowest BCUT2D eigenvalue weighted by Crippen LogP contribution is -2.18. The maximum Gasteiger partial charge on any atom is 0.348 e. The molecule has 0 aliphatic carbocycles. The van der Waals surface area contributed by atoms with Crippen molar-refractivity contribution >= 4 is 17.6 Å². The Morgan fingerprint density at radius 1 is 0.800 bits per heavy atom. The topological polar surface area (TPSA) is 55.4 Å². The molecule has 1 N–H and O–H groups in total. The van der Waals surface area contributed by atoms with Gasteiger partial charge in [0.05, 0.1) is 5.69 Å². The van der Waals surface area contributed by atoms with E-state index in [9.17, 15) is 14.0 Å². The molecule has 0 aliphatic rings. The van der Waals surface area contributed by atoms with E-state index in [2.05, 4.69) is 5.32 Å². The Kier molecular flexibility index (Phi) is 4.85. The van der Waals surface area contributed by atoms with Crippen molar-refractivity contribution in [2.75, 3.05) is 5.32 Å². The van der Waals surface area contributed by atoms with Crippen molar-refractivity contribution in [2.24, 2.45) is 0 Å².